The van der Waals surface area contributed by atoms with E-state index in [-0.39, 0.29) is 0 Å². The van der Waals surface area contributed by atoms with Gasteiger partial charge in [-0.05, 0) is 43.2 Å². The van der Waals surface area contributed by atoms with Crippen LogP contribution in [0, 0.1) is 11.8 Å². The summed E-state index contributed by atoms with van der Waals surface area (Å²) in [6.45, 7) is 6.07. The first-order chi connectivity index (χ1) is 9.69. The number of nitrogen functional groups attached to an aromatic ring is 1. The highest BCUT2D eigenvalue weighted by molar-refractivity contribution is 5.53. The maximum Gasteiger partial charge on any atom is 0.239 e. The third-order valence-electron chi connectivity index (χ3n) is 4.04. The van der Waals surface area contributed by atoms with Crippen molar-refractivity contribution in [3.63, 3.8) is 0 Å². The summed E-state index contributed by atoms with van der Waals surface area (Å²) in [6.07, 6.45) is 6.31. The van der Waals surface area contributed by atoms with Crippen molar-refractivity contribution in [1.29, 1.82) is 0 Å². The molecule has 3 N–H and O–H groups in total. The Bertz CT molecular complexity index is 414. The fraction of sp³-hybridized carbons (Fsp3) is 0.688. The number of hydrogen-bond donors (Lipinski definition) is 2. The first-order valence-electron chi connectivity index (χ1n) is 7.82. The third kappa shape index (κ3) is 4.29. The highest BCUT2D eigenvalue weighted by atomic mass is 16.5. The van der Waals surface area contributed by atoms with Crippen molar-refractivity contribution in [3.05, 3.63) is 12.1 Å². The lowest BCUT2D eigenvalue weighted by atomic mass is 9.83. The predicted molar refractivity (Wildman–Crippen MR) is 84.0 cm³/mol. The first-order valence-corrected chi connectivity index (χ1v) is 7.82. The molecule has 2 rings (SSSR count). The van der Waals surface area contributed by atoms with E-state index in [0.717, 1.165) is 30.6 Å². The largest absolute Gasteiger partial charge is 0.476 e. The predicted octanol–water partition coefficient (Wildman–Crippen LogP) is 3.69. The van der Waals surface area contributed by atoms with Crippen LogP contribution in [0.4, 0.5) is 11.5 Å². The van der Waals surface area contributed by atoms with Crippen LogP contribution in [0.3, 0.4) is 0 Å². The molecular formula is C16H27N3O. The summed E-state index contributed by atoms with van der Waals surface area (Å²) < 4.78 is 5.56. The Balaban J connectivity index is 1.86. The molecule has 0 bridgehead atoms. The summed E-state index contributed by atoms with van der Waals surface area (Å²) in [5, 5.41) is 3.43. The van der Waals surface area contributed by atoms with Gasteiger partial charge in [0.1, 0.15) is 5.82 Å². The Morgan fingerprint density at radius 1 is 1.30 bits per heavy atom. The molecule has 0 unspecified atom stereocenters. The van der Waals surface area contributed by atoms with Crippen molar-refractivity contribution in [2.24, 2.45) is 11.8 Å². The van der Waals surface area contributed by atoms with E-state index < -0.39 is 0 Å². The molecule has 0 radical (unpaired) electrons. The van der Waals surface area contributed by atoms with Gasteiger partial charge in [0.05, 0.1) is 12.3 Å². The highest BCUT2D eigenvalue weighted by Crippen LogP contribution is 2.28. The van der Waals surface area contributed by atoms with E-state index in [9.17, 15) is 0 Å². The standard InChI is InChI=1S/C16H27N3O/c1-3-10-20-16-14(17)8-9-15(19-16)18-11-13-6-4-12(2)5-7-13/h8-9,12-13H,3-7,10-11,17H2,1-2H3,(H,18,19). The molecule has 20 heavy (non-hydrogen) atoms. The number of aromatic nitrogens is 1. The molecule has 0 atom stereocenters. The fourth-order valence-corrected chi connectivity index (χ4v) is 2.65. The summed E-state index contributed by atoms with van der Waals surface area (Å²) in [5.41, 5.74) is 6.48. The average molecular weight is 277 g/mol. The molecule has 4 nitrogen and oxygen atoms in total. The molecule has 0 aliphatic heterocycles. The molecule has 4 heteroatoms. The molecule has 1 fully saturated rings. The maximum absolute atomic E-state index is 5.87. The third-order valence-corrected chi connectivity index (χ3v) is 4.04. The van der Waals surface area contributed by atoms with Crippen LogP contribution < -0.4 is 15.8 Å². The van der Waals surface area contributed by atoms with Crippen LogP contribution in [0.2, 0.25) is 0 Å². The number of nitrogens with zero attached hydrogens (tertiary/aromatic N) is 1. The summed E-state index contributed by atoms with van der Waals surface area (Å²) >= 11 is 0. The summed E-state index contributed by atoms with van der Waals surface area (Å²) in [5.74, 6) is 3.08. The van der Waals surface area contributed by atoms with Crippen LogP contribution in [0.1, 0.15) is 46.0 Å². The lowest BCUT2D eigenvalue weighted by Crippen LogP contribution is -2.20. The number of hydrogen-bond acceptors (Lipinski definition) is 4. The number of pyridine rings is 1. The molecular weight excluding hydrogens is 250 g/mol. The summed E-state index contributed by atoms with van der Waals surface area (Å²) in [4.78, 5) is 4.45. The van der Waals surface area contributed by atoms with Crippen LogP contribution in [0.15, 0.2) is 12.1 Å². The Morgan fingerprint density at radius 2 is 2.05 bits per heavy atom. The van der Waals surface area contributed by atoms with Crippen LogP contribution in [-0.4, -0.2) is 18.1 Å². The molecule has 1 saturated carbocycles. The van der Waals surface area contributed by atoms with E-state index >= 15 is 0 Å². The van der Waals surface area contributed by atoms with Gasteiger partial charge in [-0.3, -0.25) is 0 Å². The van der Waals surface area contributed by atoms with E-state index in [1.54, 1.807) is 0 Å². The normalized spacial score (nSPS) is 22.5. The van der Waals surface area contributed by atoms with Crippen LogP contribution >= 0.6 is 0 Å². The van der Waals surface area contributed by atoms with Gasteiger partial charge in [-0.1, -0.05) is 26.7 Å². The Morgan fingerprint density at radius 3 is 2.75 bits per heavy atom. The van der Waals surface area contributed by atoms with E-state index in [0.29, 0.717) is 18.2 Å². The van der Waals surface area contributed by atoms with E-state index in [4.69, 9.17) is 10.5 Å². The zero-order chi connectivity index (χ0) is 14.4. The molecule has 1 aliphatic rings. The molecule has 1 heterocycles. The second-order valence-corrected chi connectivity index (χ2v) is 5.95. The summed E-state index contributed by atoms with van der Waals surface area (Å²) in [7, 11) is 0. The van der Waals surface area contributed by atoms with Gasteiger partial charge in [0.25, 0.3) is 0 Å². The van der Waals surface area contributed by atoms with Gasteiger partial charge in [-0.15, -0.1) is 0 Å². The smallest absolute Gasteiger partial charge is 0.239 e. The van der Waals surface area contributed by atoms with Crippen molar-refractivity contribution >= 4 is 11.5 Å². The minimum atomic E-state index is 0.550. The van der Waals surface area contributed by atoms with Gasteiger partial charge in [0, 0.05) is 6.54 Å². The SMILES string of the molecule is CCCOc1nc(NCC2CCC(C)CC2)ccc1N. The minimum Gasteiger partial charge on any atom is -0.476 e. The minimum absolute atomic E-state index is 0.550. The number of anilines is 2. The molecule has 0 spiro atoms. The van der Waals surface area contributed by atoms with Gasteiger partial charge in [-0.25, -0.2) is 0 Å². The second kappa shape index (κ2) is 7.36. The van der Waals surface area contributed by atoms with Crippen LogP contribution in [0.5, 0.6) is 5.88 Å². The molecule has 112 valence electrons. The maximum atomic E-state index is 5.87. The quantitative estimate of drug-likeness (QED) is 0.832. The molecule has 1 aromatic heterocycles. The lowest BCUT2D eigenvalue weighted by Gasteiger charge is -2.26. The first kappa shape index (κ1) is 14.9. The number of rotatable bonds is 6. The van der Waals surface area contributed by atoms with Crippen molar-refractivity contribution in [1.82, 2.24) is 4.98 Å². The van der Waals surface area contributed by atoms with Gasteiger partial charge in [0.2, 0.25) is 5.88 Å². The fourth-order valence-electron chi connectivity index (χ4n) is 2.65. The van der Waals surface area contributed by atoms with Gasteiger partial charge in [0.15, 0.2) is 0 Å². The zero-order valence-electron chi connectivity index (χ0n) is 12.7. The van der Waals surface area contributed by atoms with Gasteiger partial charge in [-0.2, -0.15) is 4.98 Å². The zero-order valence-corrected chi connectivity index (χ0v) is 12.7. The van der Waals surface area contributed by atoms with Crippen molar-refractivity contribution in [2.45, 2.75) is 46.0 Å². The van der Waals surface area contributed by atoms with Crippen molar-refractivity contribution in [3.8, 4) is 5.88 Å². The van der Waals surface area contributed by atoms with Crippen LogP contribution in [0.25, 0.3) is 0 Å². The number of ether oxygens (including phenoxy) is 1. The monoisotopic (exact) mass is 277 g/mol. The summed E-state index contributed by atoms with van der Waals surface area (Å²) in [6, 6.07) is 3.79. The Labute approximate surface area is 122 Å². The van der Waals surface area contributed by atoms with Gasteiger partial charge >= 0.3 is 0 Å². The van der Waals surface area contributed by atoms with E-state index in [1.165, 1.54) is 25.7 Å². The van der Waals surface area contributed by atoms with E-state index in [2.05, 4.69) is 24.1 Å². The number of nitrogens with one attached hydrogen (secondary N) is 1. The van der Waals surface area contributed by atoms with E-state index in [1.807, 2.05) is 12.1 Å². The van der Waals surface area contributed by atoms with Crippen LogP contribution in [-0.2, 0) is 0 Å². The van der Waals surface area contributed by atoms with Crippen molar-refractivity contribution < 1.29 is 4.74 Å². The Kier molecular flexibility index (Phi) is 5.50. The van der Waals surface area contributed by atoms with Gasteiger partial charge < -0.3 is 15.8 Å². The topological polar surface area (TPSA) is 60.2 Å². The Hall–Kier alpha value is -1.45. The molecule has 1 aromatic rings. The number of nitrogens with two attached hydrogens (primary N) is 1. The highest BCUT2D eigenvalue weighted by Gasteiger charge is 2.18. The molecule has 0 saturated heterocycles. The molecule has 1 aliphatic carbocycles. The average Bonchev–Trinajstić information content (AvgIpc) is 2.46. The van der Waals surface area contributed by atoms with Crippen molar-refractivity contribution in [2.75, 3.05) is 24.2 Å². The molecule has 0 aromatic carbocycles. The second-order valence-electron chi connectivity index (χ2n) is 5.95. The molecule has 0 amide bonds. The lowest BCUT2D eigenvalue weighted by molar-refractivity contribution is 0.299.